The van der Waals surface area contributed by atoms with Crippen molar-refractivity contribution in [2.45, 2.75) is 18.9 Å². The second-order valence-corrected chi connectivity index (χ2v) is 7.51. The first-order valence-corrected chi connectivity index (χ1v) is 9.60. The predicted octanol–water partition coefficient (Wildman–Crippen LogP) is 2.22. The van der Waals surface area contributed by atoms with Crippen LogP contribution < -0.4 is 16.2 Å². The summed E-state index contributed by atoms with van der Waals surface area (Å²) in [5.41, 5.74) is 1.09. The Morgan fingerprint density at radius 1 is 1.03 bits per heavy atom. The van der Waals surface area contributed by atoms with Crippen molar-refractivity contribution >= 4 is 22.8 Å². The van der Waals surface area contributed by atoms with Crippen LogP contribution in [-0.4, -0.2) is 27.1 Å². The highest BCUT2D eigenvalue weighted by molar-refractivity contribution is 6.07. The third kappa shape index (κ3) is 3.25. The quantitative estimate of drug-likeness (QED) is 0.438. The number of para-hydroxylation sites is 1. The number of rotatable bonds is 4. The number of imide groups is 1. The molecule has 9 nitrogen and oxygen atoms in total. The zero-order chi connectivity index (χ0) is 21.6. The number of urea groups is 1. The largest absolute Gasteiger partial charge is 0.339 e. The van der Waals surface area contributed by atoms with Crippen molar-refractivity contribution in [3.05, 3.63) is 82.0 Å². The first-order chi connectivity index (χ1) is 14.9. The molecule has 0 aliphatic carbocycles. The van der Waals surface area contributed by atoms with Crippen molar-refractivity contribution < 1.29 is 14.1 Å². The first kappa shape index (κ1) is 18.7. The highest BCUT2D eigenvalue weighted by atomic mass is 16.5. The van der Waals surface area contributed by atoms with E-state index in [9.17, 15) is 14.4 Å². The Balaban J connectivity index is 1.44. The van der Waals surface area contributed by atoms with Gasteiger partial charge in [0.25, 0.3) is 11.5 Å². The van der Waals surface area contributed by atoms with Crippen LogP contribution in [0.2, 0.25) is 0 Å². The summed E-state index contributed by atoms with van der Waals surface area (Å²) in [7, 11) is 0. The van der Waals surface area contributed by atoms with Gasteiger partial charge in [-0.1, -0.05) is 41.6 Å². The Labute approximate surface area is 175 Å². The number of carbonyl (C=O) groups excluding carboxylic acids is 2. The molecule has 3 N–H and O–H groups in total. The molecule has 31 heavy (non-hydrogen) atoms. The molecule has 1 unspecified atom stereocenters. The van der Waals surface area contributed by atoms with Crippen LogP contribution in [0.15, 0.2) is 63.9 Å². The van der Waals surface area contributed by atoms with Crippen molar-refractivity contribution in [2.75, 3.05) is 0 Å². The maximum atomic E-state index is 12.4. The summed E-state index contributed by atoms with van der Waals surface area (Å²) < 4.78 is 5.36. The summed E-state index contributed by atoms with van der Waals surface area (Å²) >= 11 is 0. The minimum atomic E-state index is -1.18. The Morgan fingerprint density at radius 3 is 2.68 bits per heavy atom. The molecule has 0 spiro atoms. The highest BCUT2D eigenvalue weighted by Crippen LogP contribution is 2.28. The van der Waals surface area contributed by atoms with Crippen LogP contribution in [0.5, 0.6) is 0 Å². The minimum Gasteiger partial charge on any atom is -0.339 e. The smallest absolute Gasteiger partial charge is 0.322 e. The predicted molar refractivity (Wildman–Crippen MR) is 111 cm³/mol. The van der Waals surface area contributed by atoms with Gasteiger partial charge in [0.1, 0.15) is 5.54 Å². The standard InChI is InChI=1S/C22H17N5O4/c1-22(20(29)25-21(30)26-22)15-7-4-6-13(10-15)18-24-17(31-27-18)11-14-9-12-5-2-3-8-16(12)23-19(14)28/h2-10H,11H2,1H3,(H,23,28)(H2,25,26,29,30). The molecule has 1 fully saturated rings. The number of nitrogens with one attached hydrogen (secondary N) is 3. The summed E-state index contributed by atoms with van der Waals surface area (Å²) in [6.07, 6.45) is 0.184. The molecular weight excluding hydrogens is 398 g/mol. The van der Waals surface area contributed by atoms with E-state index >= 15 is 0 Å². The van der Waals surface area contributed by atoms with Gasteiger partial charge in [-0.25, -0.2) is 4.79 Å². The van der Waals surface area contributed by atoms with E-state index in [2.05, 4.69) is 25.8 Å². The zero-order valence-corrected chi connectivity index (χ0v) is 16.4. The van der Waals surface area contributed by atoms with E-state index in [-0.39, 0.29) is 12.0 Å². The number of aromatic nitrogens is 3. The first-order valence-electron chi connectivity index (χ1n) is 9.60. The number of hydrogen-bond acceptors (Lipinski definition) is 6. The van der Waals surface area contributed by atoms with Gasteiger partial charge in [-0.2, -0.15) is 4.98 Å². The number of hydrogen-bond donors (Lipinski definition) is 3. The molecule has 1 saturated heterocycles. The summed E-state index contributed by atoms with van der Waals surface area (Å²) in [5, 5.41) is 9.80. The lowest BCUT2D eigenvalue weighted by atomic mass is 9.91. The van der Waals surface area contributed by atoms with Crippen molar-refractivity contribution in [1.82, 2.24) is 25.8 Å². The summed E-state index contributed by atoms with van der Waals surface area (Å²) in [6.45, 7) is 1.63. The van der Waals surface area contributed by atoms with Crippen LogP contribution >= 0.6 is 0 Å². The van der Waals surface area contributed by atoms with Crippen LogP contribution in [0.3, 0.4) is 0 Å². The van der Waals surface area contributed by atoms with Crippen LogP contribution in [0.1, 0.15) is 23.9 Å². The number of carbonyl (C=O) groups is 2. The second kappa shape index (κ2) is 6.91. The normalized spacial score (nSPS) is 18.2. The molecule has 2 aromatic carbocycles. The van der Waals surface area contributed by atoms with Gasteiger partial charge in [-0.3, -0.25) is 14.9 Å². The van der Waals surface area contributed by atoms with E-state index in [4.69, 9.17) is 4.52 Å². The lowest BCUT2D eigenvalue weighted by Gasteiger charge is -2.21. The van der Waals surface area contributed by atoms with E-state index in [1.54, 1.807) is 37.3 Å². The zero-order valence-electron chi connectivity index (χ0n) is 16.4. The average Bonchev–Trinajstić information content (AvgIpc) is 3.33. The third-order valence-electron chi connectivity index (χ3n) is 5.38. The van der Waals surface area contributed by atoms with E-state index in [0.29, 0.717) is 28.4 Å². The number of amides is 3. The number of benzene rings is 2. The maximum absolute atomic E-state index is 12.4. The SMILES string of the molecule is CC1(c2cccc(-c3noc(Cc4cc5ccccc5[nH]c4=O)n3)c2)NC(=O)NC1=O. The van der Waals surface area contributed by atoms with Gasteiger partial charge in [0, 0.05) is 16.6 Å². The van der Waals surface area contributed by atoms with Crippen molar-refractivity contribution in [3.8, 4) is 11.4 Å². The van der Waals surface area contributed by atoms with Crippen LogP contribution in [0, 0.1) is 0 Å². The van der Waals surface area contributed by atoms with Gasteiger partial charge >= 0.3 is 6.03 Å². The topological polar surface area (TPSA) is 130 Å². The molecule has 0 radical (unpaired) electrons. The van der Waals surface area contributed by atoms with Gasteiger partial charge in [0.05, 0.1) is 6.42 Å². The van der Waals surface area contributed by atoms with Crippen LogP contribution in [0.25, 0.3) is 22.3 Å². The van der Waals surface area contributed by atoms with Gasteiger partial charge < -0.3 is 14.8 Å². The Kier molecular flexibility index (Phi) is 4.18. The number of nitrogens with zero attached hydrogens (tertiary/aromatic N) is 2. The fraction of sp³-hybridized carbons (Fsp3) is 0.136. The lowest BCUT2D eigenvalue weighted by Crippen LogP contribution is -2.40. The van der Waals surface area contributed by atoms with Crippen LogP contribution in [0.4, 0.5) is 4.79 Å². The lowest BCUT2D eigenvalue weighted by molar-refractivity contribution is -0.123. The summed E-state index contributed by atoms with van der Waals surface area (Å²) in [4.78, 5) is 43.4. The molecule has 1 aliphatic heterocycles. The fourth-order valence-electron chi connectivity index (χ4n) is 3.65. The molecule has 4 aromatic rings. The average molecular weight is 415 g/mol. The molecule has 0 bridgehead atoms. The van der Waals surface area contributed by atoms with Gasteiger partial charge in [0.2, 0.25) is 11.7 Å². The van der Waals surface area contributed by atoms with E-state index < -0.39 is 17.5 Å². The fourth-order valence-corrected chi connectivity index (χ4v) is 3.65. The second-order valence-electron chi connectivity index (χ2n) is 7.51. The molecule has 2 aromatic heterocycles. The number of H-pyrrole nitrogens is 1. The third-order valence-corrected chi connectivity index (χ3v) is 5.38. The number of aromatic amines is 1. The molecule has 5 rings (SSSR count). The van der Waals surface area contributed by atoms with E-state index in [1.165, 1.54) is 0 Å². The van der Waals surface area contributed by atoms with Crippen molar-refractivity contribution in [3.63, 3.8) is 0 Å². The molecule has 1 aliphatic rings. The summed E-state index contributed by atoms with van der Waals surface area (Å²) in [5.74, 6) is 0.181. The Morgan fingerprint density at radius 2 is 1.87 bits per heavy atom. The summed E-state index contributed by atoms with van der Waals surface area (Å²) in [6, 6.07) is 15.8. The van der Waals surface area contributed by atoms with Gasteiger partial charge in [0.15, 0.2) is 0 Å². The highest BCUT2D eigenvalue weighted by Gasteiger charge is 2.43. The molecule has 3 heterocycles. The monoisotopic (exact) mass is 415 g/mol. The Bertz CT molecular complexity index is 1410. The molecule has 9 heteroatoms. The van der Waals surface area contributed by atoms with Crippen molar-refractivity contribution in [1.29, 1.82) is 0 Å². The molecule has 1 atom stereocenters. The van der Waals surface area contributed by atoms with Gasteiger partial charge in [-0.05, 0) is 36.1 Å². The van der Waals surface area contributed by atoms with E-state index in [0.717, 1.165) is 10.9 Å². The van der Waals surface area contributed by atoms with E-state index in [1.807, 2.05) is 24.3 Å². The number of fused-ring (bicyclic) bond motifs is 1. The Hall–Kier alpha value is -4.27. The minimum absolute atomic E-state index is 0.184. The number of pyridine rings is 1. The molecule has 3 amide bonds. The van der Waals surface area contributed by atoms with Gasteiger partial charge in [-0.15, -0.1) is 0 Å². The van der Waals surface area contributed by atoms with Crippen molar-refractivity contribution in [2.24, 2.45) is 0 Å². The molecule has 154 valence electrons. The van der Waals surface area contributed by atoms with Crippen LogP contribution in [-0.2, 0) is 16.8 Å². The molecular formula is C22H17N5O4. The maximum Gasteiger partial charge on any atom is 0.322 e. The molecule has 0 saturated carbocycles.